The quantitative estimate of drug-likeness (QED) is 0.816. The van der Waals surface area contributed by atoms with Crippen LogP contribution in [0.4, 0.5) is 0 Å². The summed E-state index contributed by atoms with van der Waals surface area (Å²) in [4.78, 5) is 12.5. The predicted molar refractivity (Wildman–Crippen MR) is 98.1 cm³/mol. The lowest BCUT2D eigenvalue weighted by Gasteiger charge is -2.35. The van der Waals surface area contributed by atoms with Crippen LogP contribution in [0.2, 0.25) is 5.02 Å². The van der Waals surface area contributed by atoms with E-state index in [1.54, 1.807) is 18.2 Å². The zero-order valence-corrected chi connectivity index (χ0v) is 15.7. The van der Waals surface area contributed by atoms with Gasteiger partial charge in [-0.2, -0.15) is 0 Å². The van der Waals surface area contributed by atoms with Crippen LogP contribution in [0.1, 0.15) is 38.5 Å². The lowest BCUT2D eigenvalue weighted by molar-refractivity contribution is -0.126. The molecule has 0 saturated heterocycles. The van der Waals surface area contributed by atoms with Gasteiger partial charge in [-0.25, -0.2) is 8.42 Å². The second-order valence-corrected chi connectivity index (χ2v) is 9.93. The number of carbonyl (C=O) groups is 1. The summed E-state index contributed by atoms with van der Waals surface area (Å²) in [6.45, 7) is 0.531. The molecule has 2 aliphatic rings. The Kier molecular flexibility index (Phi) is 5.71. The number of amides is 1. The van der Waals surface area contributed by atoms with Crippen LogP contribution in [0.25, 0.3) is 0 Å². The van der Waals surface area contributed by atoms with Gasteiger partial charge in [0.2, 0.25) is 5.91 Å². The van der Waals surface area contributed by atoms with Crippen LogP contribution < -0.4 is 11.1 Å². The maximum absolute atomic E-state index is 12.6. The summed E-state index contributed by atoms with van der Waals surface area (Å²) in [6, 6.07) is 6.34. The van der Waals surface area contributed by atoms with Crippen LogP contribution in [-0.2, 0) is 14.6 Å². The first-order valence-corrected chi connectivity index (χ1v) is 10.8. The van der Waals surface area contributed by atoms with Crippen molar-refractivity contribution in [3.05, 3.63) is 29.3 Å². The topological polar surface area (TPSA) is 89.3 Å². The van der Waals surface area contributed by atoms with E-state index in [0.717, 1.165) is 25.7 Å². The molecule has 2 aliphatic carbocycles. The van der Waals surface area contributed by atoms with Crippen LogP contribution in [0, 0.1) is 11.8 Å². The van der Waals surface area contributed by atoms with Crippen LogP contribution >= 0.6 is 11.6 Å². The van der Waals surface area contributed by atoms with Crippen molar-refractivity contribution in [2.24, 2.45) is 17.6 Å². The Balaban J connectivity index is 1.48. The minimum absolute atomic E-state index is 0.0216. The Bertz CT molecular complexity index is 732. The largest absolute Gasteiger partial charge is 0.356 e. The van der Waals surface area contributed by atoms with Gasteiger partial charge in [0.1, 0.15) is 0 Å². The van der Waals surface area contributed by atoms with E-state index in [1.165, 1.54) is 6.07 Å². The fraction of sp³-hybridized carbons (Fsp3) is 0.611. The van der Waals surface area contributed by atoms with Crippen LogP contribution in [0.5, 0.6) is 0 Å². The number of sulfone groups is 1. The molecule has 2 saturated carbocycles. The molecule has 0 aliphatic heterocycles. The zero-order chi connectivity index (χ0) is 18.0. The lowest BCUT2D eigenvalue weighted by Crippen LogP contribution is -2.47. The van der Waals surface area contributed by atoms with Crippen LogP contribution in [-0.4, -0.2) is 32.2 Å². The SMILES string of the molecule is N[C@H]1CCCC[C@@H]1C(=O)NC[C@H]1C[C@H](S(=O)(=O)c2cccc(Cl)c2)C1. The Morgan fingerprint density at radius 3 is 2.64 bits per heavy atom. The summed E-state index contributed by atoms with van der Waals surface area (Å²) in [5.74, 6) is 0.135. The van der Waals surface area contributed by atoms with Gasteiger partial charge >= 0.3 is 0 Å². The first-order valence-electron chi connectivity index (χ1n) is 8.90. The van der Waals surface area contributed by atoms with Gasteiger partial charge in [-0.05, 0) is 49.8 Å². The molecule has 3 N–H and O–H groups in total. The molecule has 2 fully saturated rings. The van der Waals surface area contributed by atoms with E-state index in [9.17, 15) is 13.2 Å². The molecule has 0 unspecified atom stereocenters. The van der Waals surface area contributed by atoms with E-state index in [2.05, 4.69) is 5.32 Å². The highest BCUT2D eigenvalue weighted by Crippen LogP contribution is 2.36. The summed E-state index contributed by atoms with van der Waals surface area (Å²) >= 11 is 5.89. The molecule has 1 aromatic carbocycles. The second-order valence-electron chi connectivity index (χ2n) is 7.26. The van der Waals surface area contributed by atoms with Crippen molar-refractivity contribution in [3.8, 4) is 0 Å². The molecular formula is C18H25ClN2O3S. The molecule has 0 heterocycles. The van der Waals surface area contributed by atoms with Gasteiger partial charge in [0, 0.05) is 17.6 Å². The van der Waals surface area contributed by atoms with Gasteiger partial charge in [-0.1, -0.05) is 30.5 Å². The molecule has 7 heteroatoms. The smallest absolute Gasteiger partial charge is 0.224 e. The third-order valence-corrected chi connectivity index (χ3v) is 7.89. The molecule has 2 atom stereocenters. The minimum Gasteiger partial charge on any atom is -0.356 e. The maximum atomic E-state index is 12.6. The van der Waals surface area contributed by atoms with Gasteiger partial charge in [0.25, 0.3) is 0 Å². The standard InChI is InChI=1S/C18H25ClN2O3S/c19-13-4-3-5-14(10-13)25(23,24)15-8-12(9-15)11-21-18(22)16-6-1-2-7-17(16)20/h3-5,10,12,15-17H,1-2,6-9,11,20H2,(H,21,22)/t12-,15-,16-,17-/m0/s1. The second kappa shape index (κ2) is 7.64. The molecule has 0 aromatic heterocycles. The van der Waals surface area contributed by atoms with E-state index in [1.807, 2.05) is 0 Å². The average Bonchev–Trinajstić information content (AvgIpc) is 2.53. The fourth-order valence-corrected chi connectivity index (χ4v) is 6.04. The third kappa shape index (κ3) is 4.18. The molecule has 3 rings (SSSR count). The highest BCUT2D eigenvalue weighted by Gasteiger charge is 2.40. The minimum atomic E-state index is -3.34. The third-order valence-electron chi connectivity index (χ3n) is 5.48. The van der Waals surface area contributed by atoms with Crippen molar-refractivity contribution in [1.29, 1.82) is 0 Å². The predicted octanol–water partition coefficient (Wildman–Crippen LogP) is 2.53. The molecular weight excluding hydrogens is 360 g/mol. The van der Waals surface area contributed by atoms with Crippen LogP contribution in [0.15, 0.2) is 29.2 Å². The number of nitrogens with one attached hydrogen (secondary N) is 1. The first kappa shape index (κ1) is 18.7. The number of benzene rings is 1. The van der Waals surface area contributed by atoms with Gasteiger partial charge in [-0.3, -0.25) is 4.79 Å². The average molecular weight is 385 g/mol. The molecule has 1 aromatic rings. The van der Waals surface area contributed by atoms with Crippen molar-refractivity contribution in [1.82, 2.24) is 5.32 Å². The Morgan fingerprint density at radius 2 is 1.96 bits per heavy atom. The summed E-state index contributed by atoms with van der Waals surface area (Å²) < 4.78 is 25.2. The number of hydrogen-bond acceptors (Lipinski definition) is 4. The summed E-state index contributed by atoms with van der Waals surface area (Å²) in [7, 11) is -3.34. The summed E-state index contributed by atoms with van der Waals surface area (Å²) in [5, 5.41) is 3.01. The van der Waals surface area contributed by atoms with Crippen LogP contribution in [0.3, 0.4) is 0 Å². The zero-order valence-electron chi connectivity index (χ0n) is 14.2. The van der Waals surface area contributed by atoms with E-state index >= 15 is 0 Å². The molecule has 25 heavy (non-hydrogen) atoms. The molecule has 138 valence electrons. The maximum Gasteiger partial charge on any atom is 0.224 e. The Labute approximate surface area is 154 Å². The molecule has 0 bridgehead atoms. The first-order chi connectivity index (χ1) is 11.9. The molecule has 5 nitrogen and oxygen atoms in total. The molecule has 1 amide bonds. The van der Waals surface area contributed by atoms with E-state index in [-0.39, 0.29) is 33.9 Å². The van der Waals surface area contributed by atoms with Crippen molar-refractivity contribution >= 4 is 27.3 Å². The number of carbonyl (C=O) groups excluding carboxylic acids is 1. The van der Waals surface area contributed by atoms with Gasteiger partial charge in [-0.15, -0.1) is 0 Å². The van der Waals surface area contributed by atoms with Gasteiger partial charge in [0.05, 0.1) is 16.1 Å². The van der Waals surface area contributed by atoms with Crippen molar-refractivity contribution < 1.29 is 13.2 Å². The van der Waals surface area contributed by atoms with Crippen molar-refractivity contribution in [3.63, 3.8) is 0 Å². The molecule has 0 spiro atoms. The summed E-state index contributed by atoms with van der Waals surface area (Å²) in [6.07, 6.45) is 5.05. The lowest BCUT2D eigenvalue weighted by atomic mass is 9.83. The number of hydrogen-bond donors (Lipinski definition) is 2. The monoisotopic (exact) mass is 384 g/mol. The van der Waals surface area contributed by atoms with Crippen molar-refractivity contribution in [2.45, 2.75) is 54.7 Å². The van der Waals surface area contributed by atoms with E-state index in [4.69, 9.17) is 17.3 Å². The highest BCUT2D eigenvalue weighted by molar-refractivity contribution is 7.92. The number of rotatable bonds is 5. The number of nitrogens with two attached hydrogens (primary N) is 1. The normalized spacial score (nSPS) is 29.7. The highest BCUT2D eigenvalue weighted by atomic mass is 35.5. The van der Waals surface area contributed by atoms with Crippen molar-refractivity contribution in [2.75, 3.05) is 6.54 Å². The Morgan fingerprint density at radius 1 is 1.24 bits per heavy atom. The fourth-order valence-electron chi connectivity index (χ4n) is 3.79. The van der Waals surface area contributed by atoms with E-state index < -0.39 is 9.84 Å². The Hall–Kier alpha value is -1.11. The number of halogens is 1. The van der Waals surface area contributed by atoms with Gasteiger partial charge in [0.15, 0.2) is 9.84 Å². The van der Waals surface area contributed by atoms with E-state index in [0.29, 0.717) is 24.4 Å². The van der Waals surface area contributed by atoms with Gasteiger partial charge < -0.3 is 11.1 Å². The summed E-state index contributed by atoms with van der Waals surface area (Å²) in [5.41, 5.74) is 6.04. The molecule has 0 radical (unpaired) electrons.